The van der Waals surface area contributed by atoms with Crippen LogP contribution in [-0.2, 0) is 11.3 Å². The van der Waals surface area contributed by atoms with Gasteiger partial charge in [-0.25, -0.2) is 4.39 Å². The molecule has 3 rings (SSSR count). The molecule has 24 heavy (non-hydrogen) atoms. The highest BCUT2D eigenvalue weighted by Crippen LogP contribution is 2.21. The van der Waals surface area contributed by atoms with Gasteiger partial charge < -0.3 is 10.2 Å². The molecule has 0 radical (unpaired) electrons. The molecule has 0 atom stereocenters. The Morgan fingerprint density at radius 1 is 1.17 bits per heavy atom. The zero-order valence-electron chi connectivity index (χ0n) is 13.7. The first-order valence-corrected chi connectivity index (χ1v) is 8.19. The maximum Gasteiger partial charge on any atom is 0.223 e. The van der Waals surface area contributed by atoms with Crippen molar-refractivity contribution in [2.45, 2.75) is 26.3 Å². The van der Waals surface area contributed by atoms with Gasteiger partial charge in [-0.1, -0.05) is 12.1 Å². The predicted molar refractivity (Wildman–Crippen MR) is 90.0 cm³/mol. The number of carbonyl (C=O) groups excluding carboxylic acids is 1. The van der Waals surface area contributed by atoms with Crippen molar-refractivity contribution >= 4 is 11.7 Å². The van der Waals surface area contributed by atoms with Gasteiger partial charge in [0.1, 0.15) is 5.82 Å². The van der Waals surface area contributed by atoms with Gasteiger partial charge in [0.15, 0.2) is 5.82 Å². The van der Waals surface area contributed by atoms with Crippen molar-refractivity contribution in [3.05, 3.63) is 53.5 Å². The van der Waals surface area contributed by atoms with Gasteiger partial charge in [-0.3, -0.25) is 4.79 Å². The van der Waals surface area contributed by atoms with Crippen LogP contribution in [0.4, 0.5) is 10.2 Å². The molecule has 2 aromatic rings. The van der Waals surface area contributed by atoms with E-state index in [0.29, 0.717) is 6.54 Å². The van der Waals surface area contributed by atoms with E-state index in [1.54, 1.807) is 12.1 Å². The van der Waals surface area contributed by atoms with E-state index < -0.39 is 0 Å². The van der Waals surface area contributed by atoms with Crippen LogP contribution < -0.4 is 10.2 Å². The summed E-state index contributed by atoms with van der Waals surface area (Å²) in [5, 5.41) is 11.2. The Balaban J connectivity index is 1.48. The number of anilines is 1. The molecule has 1 aromatic carbocycles. The van der Waals surface area contributed by atoms with E-state index in [0.717, 1.165) is 43.0 Å². The minimum atomic E-state index is -0.267. The standard InChI is InChI=1S/C18H21FN4O/c1-13-2-7-17(22-21-13)23-10-8-15(9-11-23)18(24)20-12-14-3-5-16(19)6-4-14/h2-7,15H,8-12H2,1H3,(H,20,24). The molecule has 1 aliphatic heterocycles. The maximum atomic E-state index is 12.9. The summed E-state index contributed by atoms with van der Waals surface area (Å²) in [5.41, 5.74) is 1.80. The first-order valence-electron chi connectivity index (χ1n) is 8.19. The molecule has 1 fully saturated rings. The Morgan fingerprint density at radius 3 is 2.50 bits per heavy atom. The second kappa shape index (κ2) is 7.38. The molecule has 1 N–H and O–H groups in total. The number of aromatic nitrogens is 2. The van der Waals surface area contributed by atoms with Gasteiger partial charge in [0.05, 0.1) is 5.69 Å². The van der Waals surface area contributed by atoms with Crippen LogP contribution in [0.15, 0.2) is 36.4 Å². The van der Waals surface area contributed by atoms with E-state index in [-0.39, 0.29) is 17.6 Å². The van der Waals surface area contributed by atoms with Gasteiger partial charge in [0.25, 0.3) is 0 Å². The molecule has 2 heterocycles. The molecular weight excluding hydrogens is 307 g/mol. The molecule has 1 aromatic heterocycles. The molecule has 0 aliphatic carbocycles. The van der Waals surface area contributed by atoms with Crippen LogP contribution in [-0.4, -0.2) is 29.2 Å². The predicted octanol–water partition coefficient (Wildman–Crippen LogP) is 2.46. The van der Waals surface area contributed by atoms with Crippen molar-refractivity contribution in [1.82, 2.24) is 15.5 Å². The summed E-state index contributed by atoms with van der Waals surface area (Å²) in [6.07, 6.45) is 1.59. The third kappa shape index (κ3) is 4.07. The number of carbonyl (C=O) groups is 1. The Labute approximate surface area is 140 Å². The zero-order valence-corrected chi connectivity index (χ0v) is 13.7. The van der Waals surface area contributed by atoms with Crippen LogP contribution in [0.1, 0.15) is 24.1 Å². The topological polar surface area (TPSA) is 58.1 Å². The van der Waals surface area contributed by atoms with E-state index in [4.69, 9.17) is 0 Å². The van der Waals surface area contributed by atoms with E-state index in [1.807, 2.05) is 19.1 Å². The molecule has 0 saturated carbocycles. The second-order valence-electron chi connectivity index (χ2n) is 6.14. The molecular formula is C18H21FN4O. The van der Waals surface area contributed by atoms with E-state index in [9.17, 15) is 9.18 Å². The summed E-state index contributed by atoms with van der Waals surface area (Å²) in [4.78, 5) is 14.5. The summed E-state index contributed by atoms with van der Waals surface area (Å²) in [5.74, 6) is 0.677. The summed E-state index contributed by atoms with van der Waals surface area (Å²) in [6, 6.07) is 10.1. The smallest absolute Gasteiger partial charge is 0.223 e. The Morgan fingerprint density at radius 2 is 1.88 bits per heavy atom. The molecule has 126 valence electrons. The molecule has 1 amide bonds. The third-order valence-corrected chi connectivity index (χ3v) is 4.35. The molecule has 0 spiro atoms. The van der Waals surface area contributed by atoms with E-state index in [2.05, 4.69) is 20.4 Å². The fourth-order valence-corrected chi connectivity index (χ4v) is 2.87. The van der Waals surface area contributed by atoms with Crippen LogP contribution in [0.3, 0.4) is 0 Å². The number of rotatable bonds is 4. The van der Waals surface area contributed by atoms with Gasteiger partial charge >= 0.3 is 0 Å². The van der Waals surface area contributed by atoms with Crippen LogP contribution >= 0.6 is 0 Å². The molecule has 1 aliphatic rings. The number of hydrogen-bond donors (Lipinski definition) is 1. The number of aryl methyl sites for hydroxylation is 1. The average molecular weight is 328 g/mol. The SMILES string of the molecule is Cc1ccc(N2CCC(C(=O)NCc3ccc(F)cc3)CC2)nn1. The van der Waals surface area contributed by atoms with Gasteiger partial charge in [0.2, 0.25) is 5.91 Å². The lowest BCUT2D eigenvalue weighted by atomic mass is 9.96. The third-order valence-electron chi connectivity index (χ3n) is 4.35. The number of hydrogen-bond acceptors (Lipinski definition) is 4. The molecule has 0 unspecified atom stereocenters. The van der Waals surface area contributed by atoms with Crippen molar-refractivity contribution < 1.29 is 9.18 Å². The van der Waals surface area contributed by atoms with E-state index in [1.165, 1.54) is 12.1 Å². The van der Waals surface area contributed by atoms with E-state index >= 15 is 0 Å². The second-order valence-corrected chi connectivity index (χ2v) is 6.14. The lowest BCUT2D eigenvalue weighted by Gasteiger charge is -2.31. The molecule has 0 bridgehead atoms. The average Bonchev–Trinajstić information content (AvgIpc) is 2.62. The number of nitrogens with one attached hydrogen (secondary N) is 1. The number of benzene rings is 1. The monoisotopic (exact) mass is 328 g/mol. The van der Waals surface area contributed by atoms with Crippen molar-refractivity contribution in [3.8, 4) is 0 Å². The Bertz CT molecular complexity index is 679. The van der Waals surface area contributed by atoms with Gasteiger partial charge in [0, 0.05) is 25.6 Å². The minimum absolute atomic E-state index is 0.0140. The highest BCUT2D eigenvalue weighted by molar-refractivity contribution is 5.78. The fourth-order valence-electron chi connectivity index (χ4n) is 2.87. The lowest BCUT2D eigenvalue weighted by Crippen LogP contribution is -2.40. The molecule has 5 nitrogen and oxygen atoms in total. The molecule has 6 heteroatoms. The normalized spacial score (nSPS) is 15.3. The van der Waals surface area contributed by atoms with Gasteiger partial charge in [-0.05, 0) is 49.6 Å². The van der Waals surface area contributed by atoms with Crippen molar-refractivity contribution in [1.29, 1.82) is 0 Å². The van der Waals surface area contributed by atoms with Crippen LogP contribution in [0.2, 0.25) is 0 Å². The summed E-state index contributed by atoms with van der Waals surface area (Å²) in [7, 11) is 0. The number of nitrogens with zero attached hydrogens (tertiary/aromatic N) is 3. The van der Waals surface area contributed by atoms with Crippen molar-refractivity contribution in [2.24, 2.45) is 5.92 Å². The maximum absolute atomic E-state index is 12.9. The Hall–Kier alpha value is -2.50. The van der Waals surface area contributed by atoms with Crippen LogP contribution in [0.25, 0.3) is 0 Å². The lowest BCUT2D eigenvalue weighted by molar-refractivity contribution is -0.125. The summed E-state index contributed by atoms with van der Waals surface area (Å²) in [6.45, 7) is 3.94. The summed E-state index contributed by atoms with van der Waals surface area (Å²) < 4.78 is 12.9. The van der Waals surface area contributed by atoms with Crippen LogP contribution in [0.5, 0.6) is 0 Å². The number of halogens is 1. The first kappa shape index (κ1) is 16.4. The molecule has 1 saturated heterocycles. The number of amides is 1. The Kier molecular flexibility index (Phi) is 5.03. The highest BCUT2D eigenvalue weighted by Gasteiger charge is 2.25. The zero-order chi connectivity index (χ0) is 16.9. The van der Waals surface area contributed by atoms with Crippen LogP contribution in [0, 0.1) is 18.7 Å². The highest BCUT2D eigenvalue weighted by atomic mass is 19.1. The van der Waals surface area contributed by atoms with Gasteiger partial charge in [-0.2, -0.15) is 5.10 Å². The number of piperidine rings is 1. The van der Waals surface area contributed by atoms with Gasteiger partial charge in [-0.15, -0.1) is 5.10 Å². The first-order chi connectivity index (χ1) is 11.6. The minimum Gasteiger partial charge on any atom is -0.355 e. The van der Waals surface area contributed by atoms with Crippen molar-refractivity contribution in [2.75, 3.05) is 18.0 Å². The van der Waals surface area contributed by atoms with Crippen molar-refractivity contribution in [3.63, 3.8) is 0 Å². The quantitative estimate of drug-likeness (QED) is 0.937. The largest absolute Gasteiger partial charge is 0.355 e. The fraction of sp³-hybridized carbons (Fsp3) is 0.389. The summed E-state index contributed by atoms with van der Waals surface area (Å²) >= 11 is 0.